The molecule has 1 aliphatic heterocycles. The minimum atomic E-state index is -0.487. The molecular weight excluding hydrogens is 294 g/mol. The zero-order valence-corrected chi connectivity index (χ0v) is 13.7. The van der Waals surface area contributed by atoms with Crippen LogP contribution in [0.5, 0.6) is 0 Å². The maximum absolute atomic E-state index is 12.2. The summed E-state index contributed by atoms with van der Waals surface area (Å²) in [5.41, 5.74) is 6.83. The van der Waals surface area contributed by atoms with Gasteiger partial charge in [0.1, 0.15) is 6.61 Å². The Kier molecular flexibility index (Phi) is 5.98. The Morgan fingerprint density at radius 3 is 2.70 bits per heavy atom. The smallest absolute Gasteiger partial charge is 0.407 e. The lowest BCUT2D eigenvalue weighted by molar-refractivity contribution is -0.132. The normalized spacial score (nSPS) is 18.8. The zero-order chi connectivity index (χ0) is 16.8. The summed E-state index contributed by atoms with van der Waals surface area (Å²) in [4.78, 5) is 25.7. The van der Waals surface area contributed by atoms with Gasteiger partial charge in [-0.2, -0.15) is 0 Å². The number of benzene rings is 1. The number of carbonyl (C=O) groups excluding carboxylic acids is 2. The van der Waals surface area contributed by atoms with Crippen LogP contribution in [0, 0.1) is 5.92 Å². The monoisotopic (exact) mass is 319 g/mol. The van der Waals surface area contributed by atoms with Gasteiger partial charge >= 0.3 is 6.09 Å². The Morgan fingerprint density at radius 2 is 2.04 bits per heavy atom. The fourth-order valence-corrected chi connectivity index (χ4v) is 2.51. The highest BCUT2D eigenvalue weighted by Gasteiger charge is 2.31. The van der Waals surface area contributed by atoms with Crippen LogP contribution in [0.2, 0.25) is 0 Å². The van der Waals surface area contributed by atoms with Crippen LogP contribution in [0.3, 0.4) is 0 Å². The van der Waals surface area contributed by atoms with Crippen molar-refractivity contribution in [2.75, 3.05) is 13.1 Å². The summed E-state index contributed by atoms with van der Waals surface area (Å²) in [6.45, 7) is 5.19. The molecule has 23 heavy (non-hydrogen) atoms. The second kappa shape index (κ2) is 7.97. The largest absolute Gasteiger partial charge is 0.445 e. The Bertz CT molecular complexity index is 533. The van der Waals surface area contributed by atoms with Gasteiger partial charge in [-0.05, 0) is 17.9 Å². The summed E-state index contributed by atoms with van der Waals surface area (Å²) in [5.74, 6) is 0.0484. The topological polar surface area (TPSA) is 84.7 Å². The van der Waals surface area contributed by atoms with Gasteiger partial charge in [0.25, 0.3) is 0 Å². The number of rotatable bonds is 5. The molecule has 2 rings (SSSR count). The number of nitrogens with one attached hydrogen (secondary N) is 1. The van der Waals surface area contributed by atoms with Crippen molar-refractivity contribution in [1.82, 2.24) is 10.2 Å². The summed E-state index contributed by atoms with van der Waals surface area (Å²) in [6.07, 6.45) is 0.262. The first-order chi connectivity index (χ1) is 11.0. The van der Waals surface area contributed by atoms with Crippen LogP contribution >= 0.6 is 0 Å². The van der Waals surface area contributed by atoms with Crippen LogP contribution in [0.1, 0.15) is 25.8 Å². The molecular formula is C17H25N3O3. The summed E-state index contributed by atoms with van der Waals surface area (Å²) in [7, 11) is 0. The van der Waals surface area contributed by atoms with Gasteiger partial charge in [0.2, 0.25) is 5.91 Å². The highest BCUT2D eigenvalue weighted by molar-refractivity contribution is 5.82. The Morgan fingerprint density at radius 1 is 1.35 bits per heavy atom. The van der Waals surface area contributed by atoms with Crippen LogP contribution in [0.25, 0.3) is 0 Å². The molecule has 0 radical (unpaired) electrons. The fraction of sp³-hybridized carbons (Fsp3) is 0.529. The molecule has 6 heteroatoms. The minimum absolute atomic E-state index is 0.0537. The molecule has 0 aromatic heterocycles. The van der Waals surface area contributed by atoms with Crippen molar-refractivity contribution >= 4 is 12.0 Å². The van der Waals surface area contributed by atoms with Gasteiger partial charge in [0, 0.05) is 13.1 Å². The van der Waals surface area contributed by atoms with E-state index in [4.69, 9.17) is 10.5 Å². The van der Waals surface area contributed by atoms with E-state index in [0.29, 0.717) is 13.1 Å². The number of ether oxygens (including phenoxy) is 1. The maximum Gasteiger partial charge on any atom is 0.407 e. The van der Waals surface area contributed by atoms with Crippen molar-refractivity contribution in [1.29, 1.82) is 0 Å². The molecule has 1 saturated heterocycles. The van der Waals surface area contributed by atoms with E-state index >= 15 is 0 Å². The number of carbonyl (C=O) groups is 2. The number of likely N-dealkylation sites (tertiary alicyclic amines) is 1. The van der Waals surface area contributed by atoms with Crippen LogP contribution < -0.4 is 11.1 Å². The highest BCUT2D eigenvalue weighted by Crippen LogP contribution is 2.13. The maximum atomic E-state index is 12.2. The number of hydrogen-bond donors (Lipinski definition) is 2. The van der Waals surface area contributed by atoms with Crippen LogP contribution in [0.4, 0.5) is 4.79 Å². The number of alkyl carbamates (subject to hydrolysis) is 1. The predicted octanol–water partition coefficient (Wildman–Crippen LogP) is 1.50. The van der Waals surface area contributed by atoms with Gasteiger partial charge in [-0.1, -0.05) is 44.2 Å². The van der Waals surface area contributed by atoms with E-state index in [2.05, 4.69) is 5.32 Å². The predicted molar refractivity (Wildman–Crippen MR) is 87.6 cm³/mol. The van der Waals surface area contributed by atoms with Crippen molar-refractivity contribution in [3.05, 3.63) is 35.9 Å². The molecule has 0 spiro atoms. The Balaban J connectivity index is 1.74. The SMILES string of the molecule is CC(C)[C@H](N)C(=O)N1CC[C@@H](NC(=O)OCc2ccccc2)C1. The zero-order valence-electron chi connectivity index (χ0n) is 13.7. The molecule has 0 aliphatic carbocycles. The summed E-state index contributed by atoms with van der Waals surface area (Å²) in [6, 6.07) is 8.94. The average Bonchev–Trinajstić information content (AvgIpc) is 3.00. The molecule has 0 bridgehead atoms. The average molecular weight is 319 g/mol. The van der Waals surface area contributed by atoms with Gasteiger partial charge < -0.3 is 20.7 Å². The van der Waals surface area contributed by atoms with E-state index in [1.807, 2.05) is 44.2 Å². The molecule has 1 fully saturated rings. The fourth-order valence-electron chi connectivity index (χ4n) is 2.51. The highest BCUT2D eigenvalue weighted by atomic mass is 16.5. The van der Waals surface area contributed by atoms with E-state index in [1.165, 1.54) is 0 Å². The van der Waals surface area contributed by atoms with Crippen molar-refractivity contribution in [3.8, 4) is 0 Å². The van der Waals surface area contributed by atoms with Crippen molar-refractivity contribution in [2.24, 2.45) is 11.7 Å². The van der Waals surface area contributed by atoms with Crippen LogP contribution in [-0.2, 0) is 16.1 Å². The molecule has 1 aromatic rings. The minimum Gasteiger partial charge on any atom is -0.445 e. The quantitative estimate of drug-likeness (QED) is 0.861. The lowest BCUT2D eigenvalue weighted by Crippen LogP contribution is -2.47. The Hall–Kier alpha value is -2.08. The third kappa shape index (κ3) is 4.96. The van der Waals surface area contributed by atoms with Gasteiger partial charge in [-0.25, -0.2) is 4.79 Å². The number of hydrogen-bond acceptors (Lipinski definition) is 4. The van der Waals surface area contributed by atoms with Crippen molar-refractivity contribution < 1.29 is 14.3 Å². The number of nitrogens with two attached hydrogens (primary N) is 1. The molecule has 0 unspecified atom stereocenters. The third-order valence-corrected chi connectivity index (χ3v) is 4.04. The van der Waals surface area contributed by atoms with Crippen molar-refractivity contribution in [3.63, 3.8) is 0 Å². The van der Waals surface area contributed by atoms with E-state index in [0.717, 1.165) is 12.0 Å². The molecule has 6 nitrogen and oxygen atoms in total. The molecule has 1 aliphatic rings. The number of amides is 2. The summed E-state index contributed by atoms with van der Waals surface area (Å²) < 4.78 is 5.19. The summed E-state index contributed by atoms with van der Waals surface area (Å²) in [5, 5.41) is 2.81. The van der Waals surface area contributed by atoms with E-state index < -0.39 is 12.1 Å². The van der Waals surface area contributed by atoms with Gasteiger partial charge in [-0.15, -0.1) is 0 Å². The van der Waals surface area contributed by atoms with E-state index in [9.17, 15) is 9.59 Å². The molecule has 3 N–H and O–H groups in total. The lowest BCUT2D eigenvalue weighted by atomic mass is 10.0. The number of nitrogens with zero attached hydrogens (tertiary/aromatic N) is 1. The first kappa shape index (κ1) is 17.3. The van der Waals surface area contributed by atoms with Gasteiger partial charge in [-0.3, -0.25) is 4.79 Å². The van der Waals surface area contributed by atoms with Gasteiger partial charge in [0.05, 0.1) is 12.1 Å². The van der Waals surface area contributed by atoms with Crippen molar-refractivity contribution in [2.45, 2.75) is 39.0 Å². The van der Waals surface area contributed by atoms with Crippen LogP contribution in [0.15, 0.2) is 30.3 Å². The van der Waals surface area contributed by atoms with Gasteiger partial charge in [0.15, 0.2) is 0 Å². The second-order valence-electron chi connectivity index (χ2n) is 6.25. The second-order valence-corrected chi connectivity index (χ2v) is 6.25. The lowest BCUT2D eigenvalue weighted by Gasteiger charge is -2.23. The molecule has 1 aromatic carbocycles. The first-order valence-electron chi connectivity index (χ1n) is 7.99. The Labute approximate surface area is 137 Å². The summed E-state index contributed by atoms with van der Waals surface area (Å²) >= 11 is 0. The first-order valence-corrected chi connectivity index (χ1v) is 7.99. The van der Waals surface area contributed by atoms with E-state index in [-0.39, 0.29) is 24.5 Å². The third-order valence-electron chi connectivity index (χ3n) is 4.04. The molecule has 2 atom stereocenters. The molecule has 2 amide bonds. The molecule has 126 valence electrons. The molecule has 1 heterocycles. The molecule has 0 saturated carbocycles. The van der Waals surface area contributed by atoms with Crippen LogP contribution in [-0.4, -0.2) is 42.1 Å². The van der Waals surface area contributed by atoms with E-state index in [1.54, 1.807) is 4.90 Å². The standard InChI is InChI=1S/C17H25N3O3/c1-12(2)15(18)16(21)20-9-8-14(10-20)19-17(22)23-11-13-6-4-3-5-7-13/h3-7,12,14-15H,8-11,18H2,1-2H3,(H,19,22)/t14-,15+/m1/s1.